The first-order valence-electron chi connectivity index (χ1n) is 4.81. The predicted molar refractivity (Wildman–Crippen MR) is 56.0 cm³/mol. The number of para-hydroxylation sites is 1. The summed E-state index contributed by atoms with van der Waals surface area (Å²) < 4.78 is 0. The lowest BCUT2D eigenvalue weighted by Crippen LogP contribution is -2.05. The average Bonchev–Trinajstić information content (AvgIpc) is 2.19. The van der Waals surface area contributed by atoms with Crippen molar-refractivity contribution in [3.8, 4) is 0 Å². The first-order chi connectivity index (χ1) is 6.38. The third-order valence-corrected chi connectivity index (χ3v) is 2.05. The summed E-state index contributed by atoms with van der Waals surface area (Å²) in [5.41, 5.74) is 2.53. The van der Waals surface area contributed by atoms with Crippen molar-refractivity contribution in [3.63, 3.8) is 0 Å². The molecule has 0 saturated carbocycles. The van der Waals surface area contributed by atoms with Crippen molar-refractivity contribution < 1.29 is 5.11 Å². The summed E-state index contributed by atoms with van der Waals surface area (Å²) in [5, 5.41) is 11.9. The number of aryl methyl sites for hydroxylation is 1. The van der Waals surface area contributed by atoms with Crippen molar-refractivity contribution in [3.05, 3.63) is 29.8 Å². The summed E-state index contributed by atoms with van der Waals surface area (Å²) in [4.78, 5) is 0. The van der Waals surface area contributed by atoms with Crippen LogP contribution in [-0.4, -0.2) is 18.3 Å². The normalized spacial score (nSPS) is 10.0. The van der Waals surface area contributed by atoms with Crippen molar-refractivity contribution >= 4 is 5.69 Å². The molecule has 13 heavy (non-hydrogen) atoms. The predicted octanol–water partition coefficient (Wildman–Crippen LogP) is 2.04. The smallest absolute Gasteiger partial charge is 0.0447 e. The van der Waals surface area contributed by atoms with E-state index in [0.29, 0.717) is 0 Å². The van der Waals surface area contributed by atoms with Gasteiger partial charge in [-0.25, -0.2) is 0 Å². The molecule has 2 nitrogen and oxygen atoms in total. The fourth-order valence-corrected chi connectivity index (χ4v) is 1.30. The van der Waals surface area contributed by atoms with Gasteiger partial charge in [0.15, 0.2) is 0 Å². The number of hydrogen-bond donors (Lipinski definition) is 2. The molecule has 2 heteroatoms. The molecule has 1 aromatic rings. The highest BCUT2D eigenvalue weighted by atomic mass is 16.3. The van der Waals surface area contributed by atoms with Crippen LogP contribution >= 0.6 is 0 Å². The van der Waals surface area contributed by atoms with E-state index in [1.807, 2.05) is 6.07 Å². The summed E-state index contributed by atoms with van der Waals surface area (Å²) >= 11 is 0. The Bertz CT molecular complexity index is 248. The van der Waals surface area contributed by atoms with Crippen molar-refractivity contribution in [2.24, 2.45) is 0 Å². The lowest BCUT2D eigenvalue weighted by molar-refractivity contribution is 0.292. The maximum atomic E-state index is 8.63. The van der Waals surface area contributed by atoms with Crippen LogP contribution < -0.4 is 5.32 Å². The van der Waals surface area contributed by atoms with E-state index in [1.54, 1.807) is 0 Å². The largest absolute Gasteiger partial charge is 0.396 e. The Balaban J connectivity index is 2.54. The molecule has 0 amide bonds. The van der Waals surface area contributed by atoms with Crippen LogP contribution in [0.4, 0.5) is 5.69 Å². The second kappa shape index (κ2) is 5.60. The van der Waals surface area contributed by atoms with Gasteiger partial charge in [0.1, 0.15) is 0 Å². The molecule has 0 aliphatic carbocycles. The first-order valence-corrected chi connectivity index (χ1v) is 4.81. The van der Waals surface area contributed by atoms with Crippen molar-refractivity contribution in [1.82, 2.24) is 0 Å². The lowest BCUT2D eigenvalue weighted by atomic mass is 10.1. The third-order valence-electron chi connectivity index (χ3n) is 2.05. The van der Waals surface area contributed by atoms with Gasteiger partial charge < -0.3 is 10.4 Å². The van der Waals surface area contributed by atoms with Crippen LogP contribution in [0.5, 0.6) is 0 Å². The van der Waals surface area contributed by atoms with Gasteiger partial charge in [0.25, 0.3) is 0 Å². The molecule has 72 valence electrons. The fourth-order valence-electron chi connectivity index (χ4n) is 1.30. The van der Waals surface area contributed by atoms with Crippen LogP contribution in [-0.2, 0) is 6.42 Å². The molecule has 1 rings (SSSR count). The van der Waals surface area contributed by atoms with Crippen LogP contribution in [0.15, 0.2) is 24.3 Å². The van der Waals surface area contributed by atoms with Gasteiger partial charge >= 0.3 is 0 Å². The second-order valence-electron chi connectivity index (χ2n) is 3.01. The number of aliphatic hydroxyl groups excluding tert-OH is 1. The van der Waals surface area contributed by atoms with Gasteiger partial charge in [0.2, 0.25) is 0 Å². The van der Waals surface area contributed by atoms with Crippen LogP contribution in [0.25, 0.3) is 0 Å². The standard InChI is InChI=1S/C11H17NO/c1-2-10-6-3-4-7-11(10)12-8-5-9-13/h3-4,6-7,12-13H,2,5,8-9H2,1H3. The Morgan fingerprint density at radius 2 is 2.08 bits per heavy atom. The van der Waals surface area contributed by atoms with E-state index in [2.05, 4.69) is 30.4 Å². The number of anilines is 1. The van der Waals surface area contributed by atoms with Gasteiger partial charge in [-0.15, -0.1) is 0 Å². The van der Waals surface area contributed by atoms with Gasteiger partial charge in [-0.1, -0.05) is 25.1 Å². The highest BCUT2D eigenvalue weighted by Gasteiger charge is 1.96. The minimum Gasteiger partial charge on any atom is -0.396 e. The Kier molecular flexibility index (Phi) is 4.33. The van der Waals surface area contributed by atoms with Crippen LogP contribution in [0.1, 0.15) is 18.9 Å². The molecular weight excluding hydrogens is 162 g/mol. The zero-order valence-corrected chi connectivity index (χ0v) is 8.09. The Morgan fingerprint density at radius 1 is 1.31 bits per heavy atom. The molecular formula is C11H17NO. The fraction of sp³-hybridized carbons (Fsp3) is 0.455. The summed E-state index contributed by atoms with van der Waals surface area (Å²) in [6, 6.07) is 8.29. The Morgan fingerprint density at radius 3 is 2.77 bits per heavy atom. The molecule has 1 aromatic carbocycles. The van der Waals surface area contributed by atoms with E-state index in [1.165, 1.54) is 11.3 Å². The number of benzene rings is 1. The topological polar surface area (TPSA) is 32.3 Å². The molecule has 0 unspecified atom stereocenters. The van der Waals surface area contributed by atoms with E-state index < -0.39 is 0 Å². The van der Waals surface area contributed by atoms with Crippen LogP contribution in [0.2, 0.25) is 0 Å². The maximum Gasteiger partial charge on any atom is 0.0447 e. The summed E-state index contributed by atoms with van der Waals surface area (Å²) in [7, 11) is 0. The maximum absolute atomic E-state index is 8.63. The quantitative estimate of drug-likeness (QED) is 0.678. The Labute approximate surface area is 79.6 Å². The molecule has 0 aromatic heterocycles. The van der Waals surface area contributed by atoms with E-state index in [0.717, 1.165) is 19.4 Å². The highest BCUT2D eigenvalue weighted by molar-refractivity contribution is 5.50. The molecule has 0 saturated heterocycles. The summed E-state index contributed by atoms with van der Waals surface area (Å²) in [6.07, 6.45) is 1.85. The van der Waals surface area contributed by atoms with Crippen molar-refractivity contribution in [2.75, 3.05) is 18.5 Å². The van der Waals surface area contributed by atoms with E-state index in [-0.39, 0.29) is 6.61 Å². The zero-order chi connectivity index (χ0) is 9.52. The van der Waals surface area contributed by atoms with Crippen LogP contribution in [0, 0.1) is 0 Å². The summed E-state index contributed by atoms with van der Waals surface area (Å²) in [6.45, 7) is 3.24. The zero-order valence-electron chi connectivity index (χ0n) is 8.09. The monoisotopic (exact) mass is 179 g/mol. The summed E-state index contributed by atoms with van der Waals surface area (Å²) in [5.74, 6) is 0. The molecule has 0 heterocycles. The minimum atomic E-state index is 0.251. The minimum absolute atomic E-state index is 0.251. The van der Waals surface area contributed by atoms with E-state index in [9.17, 15) is 0 Å². The third kappa shape index (κ3) is 3.07. The van der Waals surface area contributed by atoms with Gasteiger partial charge in [0, 0.05) is 18.8 Å². The molecule has 0 atom stereocenters. The van der Waals surface area contributed by atoms with E-state index >= 15 is 0 Å². The van der Waals surface area contributed by atoms with Crippen molar-refractivity contribution in [1.29, 1.82) is 0 Å². The SMILES string of the molecule is CCc1ccccc1NCCCO. The number of rotatable bonds is 5. The molecule has 0 fully saturated rings. The molecule has 0 radical (unpaired) electrons. The Hall–Kier alpha value is -1.02. The van der Waals surface area contributed by atoms with Gasteiger partial charge in [0.05, 0.1) is 0 Å². The van der Waals surface area contributed by atoms with E-state index in [4.69, 9.17) is 5.11 Å². The molecule has 0 aliphatic heterocycles. The second-order valence-corrected chi connectivity index (χ2v) is 3.01. The molecule has 0 aliphatic rings. The van der Waals surface area contributed by atoms with Crippen LogP contribution in [0.3, 0.4) is 0 Å². The van der Waals surface area contributed by atoms with Gasteiger partial charge in [-0.2, -0.15) is 0 Å². The average molecular weight is 179 g/mol. The molecule has 0 bridgehead atoms. The number of aliphatic hydroxyl groups is 1. The van der Waals surface area contributed by atoms with Crippen molar-refractivity contribution in [2.45, 2.75) is 19.8 Å². The van der Waals surface area contributed by atoms with Gasteiger partial charge in [-0.3, -0.25) is 0 Å². The molecule has 2 N–H and O–H groups in total. The molecule has 0 spiro atoms. The number of nitrogens with one attached hydrogen (secondary N) is 1. The first kappa shape index (κ1) is 10.1. The number of hydrogen-bond acceptors (Lipinski definition) is 2. The lowest BCUT2D eigenvalue weighted by Gasteiger charge is -2.09. The highest BCUT2D eigenvalue weighted by Crippen LogP contribution is 2.14. The van der Waals surface area contributed by atoms with Gasteiger partial charge in [-0.05, 0) is 24.5 Å².